The Hall–Kier alpha value is -0.270. The Bertz CT molecular complexity index is 172. The fraction of sp³-hybridized carbons (Fsp3) is 0.286. The Morgan fingerprint density at radius 1 is 1.40 bits per heavy atom. The van der Waals surface area contributed by atoms with Gasteiger partial charge in [0.25, 0.3) is 0 Å². The van der Waals surface area contributed by atoms with Gasteiger partial charge in [0.15, 0.2) is 12.4 Å². The normalized spacial score (nSPS) is 8.70. The first-order valence-electron chi connectivity index (χ1n) is 2.81. The van der Waals surface area contributed by atoms with E-state index in [2.05, 4.69) is 0 Å². The Labute approximate surface area is 72.0 Å². The summed E-state index contributed by atoms with van der Waals surface area (Å²) >= 11 is 5.73. The van der Waals surface area contributed by atoms with E-state index in [1.165, 1.54) is 5.56 Å². The first-order valence-corrected chi connectivity index (χ1v) is 3.19. The highest BCUT2D eigenvalue weighted by molar-refractivity contribution is 6.30. The molecule has 10 heavy (non-hydrogen) atoms. The van der Waals surface area contributed by atoms with Gasteiger partial charge >= 0.3 is 0 Å². The zero-order valence-corrected chi connectivity index (χ0v) is 7.45. The predicted molar refractivity (Wildman–Crippen MR) is 37.4 cm³/mol. The molecule has 0 amide bonds. The van der Waals surface area contributed by atoms with Crippen LogP contribution in [-0.2, 0) is 7.05 Å². The Morgan fingerprint density at radius 2 is 2.00 bits per heavy atom. The van der Waals surface area contributed by atoms with Crippen LogP contribution in [0.15, 0.2) is 18.5 Å². The highest BCUT2D eigenvalue weighted by Gasteiger charge is 1.95. The molecule has 0 atom stereocenters. The third kappa shape index (κ3) is 2.54. The number of pyridine rings is 1. The monoisotopic (exact) mass is 177 g/mol. The van der Waals surface area contributed by atoms with E-state index in [1.807, 2.05) is 37.0 Å². The summed E-state index contributed by atoms with van der Waals surface area (Å²) in [6, 6.07) is 1.93. The van der Waals surface area contributed by atoms with Crippen LogP contribution in [0.4, 0.5) is 0 Å². The smallest absolute Gasteiger partial charge is 0.187 e. The van der Waals surface area contributed by atoms with Crippen molar-refractivity contribution in [3.63, 3.8) is 0 Å². The molecule has 0 spiro atoms. The second kappa shape index (κ2) is 3.79. The minimum atomic E-state index is 0. The van der Waals surface area contributed by atoms with Crippen LogP contribution in [0.3, 0.4) is 0 Å². The lowest BCUT2D eigenvalue weighted by atomic mass is 10.3. The van der Waals surface area contributed by atoms with Crippen LogP contribution in [-0.4, -0.2) is 0 Å². The summed E-state index contributed by atoms with van der Waals surface area (Å²) in [5, 5.41) is 0.789. The van der Waals surface area contributed by atoms with E-state index in [9.17, 15) is 0 Å². The van der Waals surface area contributed by atoms with Crippen LogP contribution in [0.25, 0.3) is 0 Å². The molecule has 0 aliphatic rings. The second-order valence-electron chi connectivity index (χ2n) is 2.20. The average molecular weight is 178 g/mol. The molecule has 0 radical (unpaired) electrons. The molecular formula is C7H9Cl2N. The van der Waals surface area contributed by atoms with E-state index in [0.717, 1.165) is 5.02 Å². The van der Waals surface area contributed by atoms with Crippen molar-refractivity contribution in [3.05, 3.63) is 29.0 Å². The van der Waals surface area contributed by atoms with Gasteiger partial charge in [-0.05, 0) is 13.0 Å². The molecule has 0 bridgehead atoms. The zero-order valence-electron chi connectivity index (χ0n) is 5.94. The Balaban J connectivity index is 0.000000810. The number of nitrogens with zero attached hydrogens (tertiary/aromatic N) is 1. The number of aromatic nitrogens is 1. The van der Waals surface area contributed by atoms with Crippen molar-refractivity contribution in [1.29, 1.82) is 0 Å². The van der Waals surface area contributed by atoms with Gasteiger partial charge in [-0.2, -0.15) is 0 Å². The van der Waals surface area contributed by atoms with Crippen LogP contribution in [0.2, 0.25) is 5.02 Å². The van der Waals surface area contributed by atoms with Gasteiger partial charge in [0.05, 0.1) is 0 Å². The van der Waals surface area contributed by atoms with Crippen LogP contribution < -0.4 is 17.0 Å². The maximum absolute atomic E-state index is 5.73. The van der Waals surface area contributed by atoms with E-state index in [0.29, 0.717) is 0 Å². The van der Waals surface area contributed by atoms with E-state index < -0.39 is 0 Å². The van der Waals surface area contributed by atoms with Gasteiger partial charge in [0.1, 0.15) is 12.1 Å². The summed E-state index contributed by atoms with van der Waals surface area (Å²) < 4.78 is 1.94. The van der Waals surface area contributed by atoms with Gasteiger partial charge in [-0.1, -0.05) is 11.6 Å². The van der Waals surface area contributed by atoms with E-state index in [4.69, 9.17) is 11.6 Å². The fourth-order valence-corrected chi connectivity index (χ4v) is 1.17. The topological polar surface area (TPSA) is 3.88 Å². The van der Waals surface area contributed by atoms with Crippen LogP contribution >= 0.6 is 11.6 Å². The first-order chi connectivity index (χ1) is 4.18. The van der Waals surface area contributed by atoms with Crippen molar-refractivity contribution < 1.29 is 17.0 Å². The predicted octanol–water partition coefficient (Wildman–Crippen LogP) is -1.52. The van der Waals surface area contributed by atoms with Gasteiger partial charge in [-0.3, -0.25) is 0 Å². The summed E-state index contributed by atoms with van der Waals surface area (Å²) in [5.41, 5.74) is 1.19. The Kier molecular flexibility index (Phi) is 3.69. The molecule has 1 nitrogen and oxygen atoms in total. The maximum Gasteiger partial charge on any atom is 0.187 e. The number of halogens is 2. The second-order valence-corrected chi connectivity index (χ2v) is 2.63. The van der Waals surface area contributed by atoms with Crippen molar-refractivity contribution in [1.82, 2.24) is 0 Å². The molecule has 3 heteroatoms. The van der Waals surface area contributed by atoms with Crippen molar-refractivity contribution in [2.45, 2.75) is 6.92 Å². The molecule has 56 valence electrons. The van der Waals surface area contributed by atoms with Crippen molar-refractivity contribution in [3.8, 4) is 0 Å². The molecule has 0 aliphatic heterocycles. The van der Waals surface area contributed by atoms with Crippen LogP contribution in [0.1, 0.15) is 5.56 Å². The largest absolute Gasteiger partial charge is 1.00 e. The fourth-order valence-electron chi connectivity index (χ4n) is 0.845. The molecule has 0 aromatic carbocycles. The van der Waals surface area contributed by atoms with Gasteiger partial charge in [0.2, 0.25) is 0 Å². The third-order valence-electron chi connectivity index (χ3n) is 1.10. The number of rotatable bonds is 0. The molecule has 0 unspecified atom stereocenters. The van der Waals surface area contributed by atoms with Gasteiger partial charge in [-0.25, -0.2) is 4.57 Å². The highest BCUT2D eigenvalue weighted by Crippen LogP contribution is 2.04. The van der Waals surface area contributed by atoms with Crippen molar-refractivity contribution >= 4 is 11.6 Å². The average Bonchev–Trinajstić information content (AvgIpc) is 1.59. The molecule has 0 fully saturated rings. The number of aryl methyl sites for hydroxylation is 2. The maximum atomic E-state index is 5.73. The SMILES string of the molecule is Cc1cc(Cl)c[n+](C)c1.[Cl-]. The summed E-state index contributed by atoms with van der Waals surface area (Å²) in [5.74, 6) is 0. The van der Waals surface area contributed by atoms with Crippen molar-refractivity contribution in [2.75, 3.05) is 0 Å². The summed E-state index contributed by atoms with van der Waals surface area (Å²) in [7, 11) is 1.96. The number of hydrogen-bond donors (Lipinski definition) is 0. The minimum Gasteiger partial charge on any atom is -1.00 e. The summed E-state index contributed by atoms with van der Waals surface area (Å²) in [6.45, 7) is 2.02. The molecule has 1 rings (SSSR count). The van der Waals surface area contributed by atoms with Crippen LogP contribution in [0.5, 0.6) is 0 Å². The molecule has 1 aromatic rings. The molecule has 0 saturated heterocycles. The van der Waals surface area contributed by atoms with E-state index in [-0.39, 0.29) is 12.4 Å². The van der Waals surface area contributed by atoms with Crippen molar-refractivity contribution in [2.24, 2.45) is 7.05 Å². The van der Waals surface area contributed by atoms with Gasteiger partial charge in [0, 0.05) is 5.56 Å². The molecule has 1 aromatic heterocycles. The molecule has 0 aliphatic carbocycles. The van der Waals surface area contributed by atoms with Crippen LogP contribution in [0, 0.1) is 6.92 Å². The lowest BCUT2D eigenvalue weighted by Gasteiger charge is -1.89. The summed E-state index contributed by atoms with van der Waals surface area (Å²) in [6.07, 6.45) is 3.89. The minimum absolute atomic E-state index is 0. The quantitative estimate of drug-likeness (QED) is 0.425. The third-order valence-corrected chi connectivity index (χ3v) is 1.31. The van der Waals surface area contributed by atoms with E-state index >= 15 is 0 Å². The summed E-state index contributed by atoms with van der Waals surface area (Å²) in [4.78, 5) is 0. The molecule has 0 N–H and O–H groups in total. The van der Waals surface area contributed by atoms with Gasteiger partial charge in [-0.15, -0.1) is 0 Å². The molecule has 1 heterocycles. The van der Waals surface area contributed by atoms with E-state index in [1.54, 1.807) is 0 Å². The number of hydrogen-bond acceptors (Lipinski definition) is 0. The lowest BCUT2D eigenvalue weighted by molar-refractivity contribution is -0.671. The standard InChI is InChI=1S/C7H9ClN.ClH/c1-6-3-7(8)5-9(2)4-6;/h3-5H,1-2H3;1H/q+1;/p-1. The first kappa shape index (κ1) is 9.73. The zero-order chi connectivity index (χ0) is 6.85. The van der Waals surface area contributed by atoms with Gasteiger partial charge < -0.3 is 12.4 Å². The highest BCUT2D eigenvalue weighted by atomic mass is 35.5. The lowest BCUT2D eigenvalue weighted by Crippen LogP contribution is -3.00. The molecular weight excluding hydrogens is 169 g/mol. The molecule has 0 saturated carbocycles. The Morgan fingerprint density at radius 3 is 2.40 bits per heavy atom.